The maximum atomic E-state index is 14.7. The van der Waals surface area contributed by atoms with Gasteiger partial charge in [0.15, 0.2) is 11.6 Å². The standard InChI is InChI=1S/C20H24FN5O3/c1-3-15(20(8-9-20)26-19(28)29)24-18-14(21)10-13(16(22)27)17(25-18)23-12-6-4-11(2)5-7-12/h4-7,10,15,26H,3,8-9H2,1-2H3,(H2,22,27)(H,28,29)(H2,23,24,25). The first kappa shape index (κ1) is 20.4. The third-order valence-corrected chi connectivity index (χ3v) is 5.09. The number of hydrogen-bond acceptors (Lipinski definition) is 5. The highest BCUT2D eigenvalue weighted by atomic mass is 19.1. The van der Waals surface area contributed by atoms with Crippen LogP contribution >= 0.6 is 0 Å². The van der Waals surface area contributed by atoms with Crippen LogP contribution in [0.15, 0.2) is 30.3 Å². The minimum absolute atomic E-state index is 0.0741. The van der Waals surface area contributed by atoms with E-state index in [1.807, 2.05) is 38.1 Å². The molecule has 0 radical (unpaired) electrons. The Morgan fingerprint density at radius 3 is 2.45 bits per heavy atom. The molecule has 9 heteroatoms. The Hall–Kier alpha value is -3.36. The van der Waals surface area contributed by atoms with Crippen molar-refractivity contribution in [2.75, 3.05) is 10.6 Å². The molecule has 0 saturated heterocycles. The zero-order valence-corrected chi connectivity index (χ0v) is 16.3. The minimum Gasteiger partial charge on any atom is -0.465 e. The highest BCUT2D eigenvalue weighted by molar-refractivity contribution is 5.98. The van der Waals surface area contributed by atoms with Crippen LogP contribution in [0.2, 0.25) is 0 Å². The summed E-state index contributed by atoms with van der Waals surface area (Å²) in [6, 6.07) is 8.07. The molecule has 1 aliphatic carbocycles. The van der Waals surface area contributed by atoms with E-state index in [-0.39, 0.29) is 23.2 Å². The fourth-order valence-corrected chi connectivity index (χ4v) is 3.35. The Morgan fingerprint density at radius 1 is 1.28 bits per heavy atom. The average Bonchev–Trinajstić information content (AvgIpc) is 3.42. The third kappa shape index (κ3) is 4.56. The van der Waals surface area contributed by atoms with Crippen LogP contribution in [0.4, 0.5) is 26.5 Å². The van der Waals surface area contributed by atoms with Gasteiger partial charge in [0.2, 0.25) is 0 Å². The van der Waals surface area contributed by atoms with Crippen molar-refractivity contribution in [3.05, 3.63) is 47.3 Å². The molecule has 1 fully saturated rings. The van der Waals surface area contributed by atoms with Crippen LogP contribution < -0.4 is 21.7 Å². The summed E-state index contributed by atoms with van der Waals surface area (Å²) < 4.78 is 14.7. The van der Waals surface area contributed by atoms with Gasteiger partial charge in [-0.05, 0) is 44.4 Å². The number of pyridine rings is 1. The van der Waals surface area contributed by atoms with Gasteiger partial charge in [0.1, 0.15) is 5.82 Å². The third-order valence-electron chi connectivity index (χ3n) is 5.09. The largest absolute Gasteiger partial charge is 0.465 e. The summed E-state index contributed by atoms with van der Waals surface area (Å²) >= 11 is 0. The summed E-state index contributed by atoms with van der Waals surface area (Å²) in [5.41, 5.74) is 6.39. The smallest absolute Gasteiger partial charge is 0.405 e. The van der Waals surface area contributed by atoms with Crippen molar-refractivity contribution in [1.82, 2.24) is 10.3 Å². The van der Waals surface area contributed by atoms with Crippen LogP contribution in [0.1, 0.15) is 42.1 Å². The van der Waals surface area contributed by atoms with Gasteiger partial charge in [0.05, 0.1) is 17.1 Å². The van der Waals surface area contributed by atoms with Crippen molar-refractivity contribution in [3.63, 3.8) is 0 Å². The predicted octanol–water partition coefficient (Wildman–Crippen LogP) is 3.36. The molecule has 1 aromatic carbocycles. The fourth-order valence-electron chi connectivity index (χ4n) is 3.35. The molecule has 1 saturated carbocycles. The monoisotopic (exact) mass is 401 g/mol. The Labute approximate surface area is 167 Å². The molecule has 3 rings (SSSR count). The fraction of sp³-hybridized carbons (Fsp3) is 0.350. The molecule has 1 aliphatic rings. The number of aromatic nitrogens is 1. The summed E-state index contributed by atoms with van der Waals surface area (Å²) in [5, 5.41) is 17.6. The SMILES string of the molecule is CCC(Nc1nc(Nc2ccc(C)cc2)c(C(N)=O)cc1F)C1(NC(=O)O)CC1. The van der Waals surface area contributed by atoms with Gasteiger partial charge in [0.25, 0.3) is 5.91 Å². The molecule has 1 atom stereocenters. The lowest BCUT2D eigenvalue weighted by Crippen LogP contribution is -2.48. The number of nitrogens with one attached hydrogen (secondary N) is 3. The second kappa shape index (κ2) is 7.94. The van der Waals surface area contributed by atoms with E-state index in [4.69, 9.17) is 10.8 Å². The van der Waals surface area contributed by atoms with E-state index in [9.17, 15) is 14.0 Å². The molecule has 1 unspecified atom stereocenters. The second-order valence-electron chi connectivity index (χ2n) is 7.26. The molecule has 0 bridgehead atoms. The second-order valence-corrected chi connectivity index (χ2v) is 7.26. The number of primary amides is 1. The number of amides is 2. The molecular weight excluding hydrogens is 377 g/mol. The quantitative estimate of drug-likeness (QED) is 0.461. The van der Waals surface area contributed by atoms with E-state index in [0.29, 0.717) is 24.9 Å². The highest BCUT2D eigenvalue weighted by Gasteiger charge is 2.50. The maximum Gasteiger partial charge on any atom is 0.405 e. The average molecular weight is 401 g/mol. The summed E-state index contributed by atoms with van der Waals surface area (Å²) in [5.74, 6) is -1.50. The van der Waals surface area contributed by atoms with Crippen molar-refractivity contribution in [3.8, 4) is 0 Å². The first-order valence-corrected chi connectivity index (χ1v) is 9.36. The van der Waals surface area contributed by atoms with Gasteiger partial charge in [-0.15, -0.1) is 0 Å². The van der Waals surface area contributed by atoms with E-state index in [1.54, 1.807) is 0 Å². The molecular formula is C20H24FN5O3. The van der Waals surface area contributed by atoms with Crippen molar-refractivity contribution >= 4 is 29.3 Å². The summed E-state index contributed by atoms with van der Waals surface area (Å²) in [4.78, 5) is 27.1. The number of carboxylic acid groups (broad SMARTS) is 1. The molecule has 1 aromatic heterocycles. The van der Waals surface area contributed by atoms with E-state index in [2.05, 4.69) is 20.9 Å². The molecule has 0 spiro atoms. The Balaban J connectivity index is 1.91. The van der Waals surface area contributed by atoms with Crippen LogP contribution in [0, 0.1) is 12.7 Å². The van der Waals surface area contributed by atoms with Crippen LogP contribution in [0.3, 0.4) is 0 Å². The number of rotatable bonds is 8. The van der Waals surface area contributed by atoms with Crippen molar-refractivity contribution in [1.29, 1.82) is 0 Å². The number of anilines is 3. The lowest BCUT2D eigenvalue weighted by molar-refractivity contribution is 0.1000. The molecule has 6 N–H and O–H groups in total. The van der Waals surface area contributed by atoms with Gasteiger partial charge in [0, 0.05) is 5.69 Å². The number of benzene rings is 1. The lowest BCUT2D eigenvalue weighted by atomic mass is 10.0. The van der Waals surface area contributed by atoms with Crippen molar-refractivity contribution in [2.24, 2.45) is 5.73 Å². The van der Waals surface area contributed by atoms with Crippen molar-refractivity contribution < 1.29 is 19.1 Å². The van der Waals surface area contributed by atoms with E-state index < -0.39 is 23.4 Å². The first-order valence-electron chi connectivity index (χ1n) is 9.36. The number of carbonyl (C=O) groups excluding carboxylic acids is 1. The summed E-state index contributed by atoms with van der Waals surface area (Å²) in [7, 11) is 0. The van der Waals surface area contributed by atoms with Gasteiger partial charge >= 0.3 is 6.09 Å². The number of hydrogen-bond donors (Lipinski definition) is 5. The Bertz CT molecular complexity index is 928. The van der Waals surface area contributed by atoms with Crippen LogP contribution in [-0.4, -0.2) is 33.7 Å². The highest BCUT2D eigenvalue weighted by Crippen LogP contribution is 2.41. The summed E-state index contributed by atoms with van der Waals surface area (Å²) in [6.45, 7) is 3.82. The molecule has 8 nitrogen and oxygen atoms in total. The number of nitrogens with zero attached hydrogens (tertiary/aromatic N) is 1. The van der Waals surface area contributed by atoms with Crippen LogP contribution in [0.5, 0.6) is 0 Å². The first-order chi connectivity index (χ1) is 13.7. The summed E-state index contributed by atoms with van der Waals surface area (Å²) in [6.07, 6.45) is 0.738. The zero-order valence-electron chi connectivity index (χ0n) is 16.3. The van der Waals surface area contributed by atoms with Crippen molar-refractivity contribution in [2.45, 2.75) is 44.7 Å². The Kier molecular flexibility index (Phi) is 5.58. The van der Waals surface area contributed by atoms with Crippen LogP contribution in [0.25, 0.3) is 0 Å². The molecule has 1 heterocycles. The zero-order chi connectivity index (χ0) is 21.2. The van der Waals surface area contributed by atoms with Crippen LogP contribution in [-0.2, 0) is 0 Å². The Morgan fingerprint density at radius 2 is 1.93 bits per heavy atom. The number of carbonyl (C=O) groups is 2. The van der Waals surface area contributed by atoms with E-state index in [1.165, 1.54) is 0 Å². The predicted molar refractivity (Wildman–Crippen MR) is 108 cm³/mol. The van der Waals surface area contributed by atoms with Gasteiger partial charge in [-0.1, -0.05) is 24.6 Å². The number of halogens is 1. The van der Waals surface area contributed by atoms with E-state index in [0.717, 1.165) is 11.6 Å². The topological polar surface area (TPSA) is 129 Å². The molecule has 0 aliphatic heterocycles. The number of aryl methyl sites for hydroxylation is 1. The molecule has 2 amide bonds. The van der Waals surface area contributed by atoms with Gasteiger partial charge in [-0.3, -0.25) is 4.79 Å². The maximum absolute atomic E-state index is 14.7. The normalized spacial score (nSPS) is 15.3. The number of nitrogens with two attached hydrogens (primary N) is 1. The van der Waals surface area contributed by atoms with E-state index >= 15 is 0 Å². The van der Waals surface area contributed by atoms with Gasteiger partial charge in [-0.25, -0.2) is 14.2 Å². The molecule has 2 aromatic rings. The molecule has 29 heavy (non-hydrogen) atoms. The van der Waals surface area contributed by atoms with Gasteiger partial charge < -0.3 is 26.8 Å². The lowest BCUT2D eigenvalue weighted by Gasteiger charge is -2.28. The molecule has 154 valence electrons. The minimum atomic E-state index is -1.12. The van der Waals surface area contributed by atoms with Gasteiger partial charge in [-0.2, -0.15) is 0 Å².